The van der Waals surface area contributed by atoms with Crippen LogP contribution in [0.15, 0.2) is 22.7 Å². The second kappa shape index (κ2) is 5.34. The summed E-state index contributed by atoms with van der Waals surface area (Å²) in [6, 6.07) is 6.88. The number of hydrogen-bond donors (Lipinski definition) is 2. The zero-order chi connectivity index (χ0) is 11.3. The van der Waals surface area contributed by atoms with Crippen LogP contribution in [-0.4, -0.2) is 17.7 Å². The van der Waals surface area contributed by atoms with E-state index in [1.807, 2.05) is 6.07 Å². The van der Waals surface area contributed by atoms with Crippen molar-refractivity contribution in [1.82, 2.24) is 0 Å². The predicted molar refractivity (Wildman–Crippen MR) is 56.1 cm³/mol. The number of benzene rings is 1. The minimum Gasteiger partial charge on any atom is -0.479 e. The van der Waals surface area contributed by atoms with Crippen molar-refractivity contribution >= 4 is 27.6 Å². The zero-order valence-electron chi connectivity index (χ0n) is 7.53. The Bertz CT molecular complexity index is 414. The van der Waals surface area contributed by atoms with Crippen LogP contribution in [0.1, 0.15) is 5.56 Å². The average Bonchev–Trinajstić information content (AvgIpc) is 2.17. The van der Waals surface area contributed by atoms with Crippen molar-refractivity contribution in [3.05, 3.63) is 28.2 Å². The molecular weight excluding hydrogens is 264 g/mol. The number of nitrogens with zero attached hydrogens (tertiary/aromatic N) is 1. The number of carboxylic acids is 1. The lowest BCUT2D eigenvalue weighted by atomic mass is 10.2. The molecule has 2 N–H and O–H groups in total. The fourth-order valence-corrected chi connectivity index (χ4v) is 1.24. The van der Waals surface area contributed by atoms with Gasteiger partial charge in [-0.3, -0.25) is 10.3 Å². The molecule has 0 saturated heterocycles. The van der Waals surface area contributed by atoms with Crippen molar-refractivity contribution in [2.45, 2.75) is 0 Å². The second-order valence-corrected chi connectivity index (χ2v) is 3.50. The molecule has 78 valence electrons. The fraction of sp³-hybridized carbons (Fsp3) is 0.111. The SMILES string of the molecule is N#Cc1ccc(Br)cc1NOCC(=O)O. The number of anilines is 1. The third-order valence-electron chi connectivity index (χ3n) is 1.48. The maximum atomic E-state index is 10.2. The summed E-state index contributed by atoms with van der Waals surface area (Å²) in [4.78, 5) is 14.8. The molecule has 0 atom stereocenters. The van der Waals surface area contributed by atoms with Crippen molar-refractivity contribution in [2.24, 2.45) is 0 Å². The molecule has 15 heavy (non-hydrogen) atoms. The first-order valence-electron chi connectivity index (χ1n) is 3.92. The summed E-state index contributed by atoms with van der Waals surface area (Å²) in [5.74, 6) is -1.09. The number of carboxylic acid groups (broad SMARTS) is 1. The van der Waals surface area contributed by atoms with Gasteiger partial charge in [0.05, 0.1) is 11.3 Å². The summed E-state index contributed by atoms with van der Waals surface area (Å²) in [6.07, 6.45) is 0. The van der Waals surface area contributed by atoms with E-state index in [2.05, 4.69) is 26.2 Å². The van der Waals surface area contributed by atoms with Crippen molar-refractivity contribution in [2.75, 3.05) is 12.1 Å². The molecule has 1 aromatic rings. The van der Waals surface area contributed by atoms with E-state index in [4.69, 9.17) is 10.4 Å². The number of halogens is 1. The van der Waals surface area contributed by atoms with Crippen LogP contribution in [0, 0.1) is 11.3 Å². The summed E-state index contributed by atoms with van der Waals surface area (Å²) in [5.41, 5.74) is 3.21. The summed E-state index contributed by atoms with van der Waals surface area (Å²) in [5, 5.41) is 17.1. The van der Waals surface area contributed by atoms with E-state index < -0.39 is 12.6 Å². The molecule has 0 spiro atoms. The molecule has 5 nitrogen and oxygen atoms in total. The van der Waals surface area contributed by atoms with E-state index >= 15 is 0 Å². The van der Waals surface area contributed by atoms with E-state index in [9.17, 15) is 4.79 Å². The van der Waals surface area contributed by atoms with Gasteiger partial charge in [0.1, 0.15) is 6.07 Å². The molecule has 0 unspecified atom stereocenters. The highest BCUT2D eigenvalue weighted by Gasteiger charge is 2.03. The average molecular weight is 271 g/mol. The lowest BCUT2D eigenvalue weighted by molar-refractivity contribution is -0.141. The molecule has 0 aliphatic heterocycles. The van der Waals surface area contributed by atoms with E-state index in [0.29, 0.717) is 11.3 Å². The van der Waals surface area contributed by atoms with Gasteiger partial charge in [-0.05, 0) is 18.2 Å². The van der Waals surface area contributed by atoms with E-state index in [1.165, 1.54) is 0 Å². The van der Waals surface area contributed by atoms with Crippen LogP contribution in [-0.2, 0) is 9.63 Å². The molecule has 0 fully saturated rings. The van der Waals surface area contributed by atoms with Gasteiger partial charge in [-0.1, -0.05) is 15.9 Å². The second-order valence-electron chi connectivity index (χ2n) is 2.59. The standard InChI is InChI=1S/C9H7BrN2O3/c10-7-2-1-6(4-11)8(3-7)12-15-5-9(13)14/h1-3,12H,5H2,(H,13,14). The molecule has 6 heteroatoms. The number of nitriles is 1. The first-order valence-corrected chi connectivity index (χ1v) is 4.72. The Balaban J connectivity index is 2.71. The molecular formula is C9H7BrN2O3. The maximum Gasteiger partial charge on any atom is 0.332 e. The molecule has 0 aromatic heterocycles. The van der Waals surface area contributed by atoms with Crippen LogP contribution in [0.5, 0.6) is 0 Å². The molecule has 0 aliphatic carbocycles. The largest absolute Gasteiger partial charge is 0.479 e. The monoisotopic (exact) mass is 270 g/mol. The van der Waals surface area contributed by atoms with Gasteiger partial charge in [0.15, 0.2) is 6.61 Å². The van der Waals surface area contributed by atoms with Gasteiger partial charge in [-0.2, -0.15) is 5.26 Å². The summed E-state index contributed by atoms with van der Waals surface area (Å²) in [7, 11) is 0. The quantitative estimate of drug-likeness (QED) is 0.815. The lowest BCUT2D eigenvalue weighted by Gasteiger charge is -2.06. The van der Waals surface area contributed by atoms with Gasteiger partial charge in [-0.15, -0.1) is 0 Å². The van der Waals surface area contributed by atoms with Crippen LogP contribution in [0.25, 0.3) is 0 Å². The Morgan fingerprint density at radius 3 is 3.00 bits per heavy atom. The van der Waals surface area contributed by atoms with Crippen LogP contribution >= 0.6 is 15.9 Å². The summed E-state index contributed by atoms with van der Waals surface area (Å²) < 4.78 is 0.767. The van der Waals surface area contributed by atoms with Gasteiger partial charge in [0, 0.05) is 4.47 Å². The molecule has 0 aliphatic rings. The van der Waals surface area contributed by atoms with E-state index in [1.54, 1.807) is 18.2 Å². The minimum absolute atomic E-state index is 0.378. The van der Waals surface area contributed by atoms with Crippen molar-refractivity contribution in [1.29, 1.82) is 5.26 Å². The minimum atomic E-state index is -1.09. The van der Waals surface area contributed by atoms with E-state index in [-0.39, 0.29) is 0 Å². The highest BCUT2D eigenvalue weighted by atomic mass is 79.9. The third kappa shape index (κ3) is 3.58. The Labute approximate surface area is 94.4 Å². The van der Waals surface area contributed by atoms with Gasteiger partial charge in [0.25, 0.3) is 0 Å². The first-order chi connectivity index (χ1) is 7.13. The molecule has 1 aromatic carbocycles. The van der Waals surface area contributed by atoms with Crippen LogP contribution in [0.3, 0.4) is 0 Å². The summed E-state index contributed by atoms with van der Waals surface area (Å²) in [6.45, 7) is -0.475. The molecule has 0 amide bonds. The topological polar surface area (TPSA) is 82.3 Å². The van der Waals surface area contributed by atoms with Crippen LogP contribution in [0.4, 0.5) is 5.69 Å². The van der Waals surface area contributed by atoms with Gasteiger partial charge < -0.3 is 5.11 Å². The third-order valence-corrected chi connectivity index (χ3v) is 1.97. The predicted octanol–water partition coefficient (Wildman–Crippen LogP) is 1.75. The highest BCUT2D eigenvalue weighted by molar-refractivity contribution is 9.10. The normalized spacial score (nSPS) is 9.33. The Morgan fingerprint density at radius 2 is 2.40 bits per heavy atom. The number of carbonyl (C=O) groups is 1. The van der Waals surface area contributed by atoms with Crippen molar-refractivity contribution < 1.29 is 14.7 Å². The Kier molecular flexibility index (Phi) is 4.09. The van der Waals surface area contributed by atoms with Crippen molar-refractivity contribution in [3.8, 4) is 6.07 Å². The van der Waals surface area contributed by atoms with Gasteiger partial charge in [0.2, 0.25) is 0 Å². The van der Waals surface area contributed by atoms with Crippen molar-refractivity contribution in [3.63, 3.8) is 0 Å². The highest BCUT2D eigenvalue weighted by Crippen LogP contribution is 2.20. The van der Waals surface area contributed by atoms with Gasteiger partial charge in [-0.25, -0.2) is 4.79 Å². The number of aliphatic carboxylic acids is 1. The number of hydrogen-bond acceptors (Lipinski definition) is 4. The molecule has 0 saturated carbocycles. The first kappa shape index (κ1) is 11.5. The maximum absolute atomic E-state index is 10.2. The summed E-state index contributed by atoms with van der Waals surface area (Å²) >= 11 is 3.23. The smallest absolute Gasteiger partial charge is 0.332 e. The Hall–Kier alpha value is -1.58. The molecule has 0 bridgehead atoms. The van der Waals surface area contributed by atoms with Gasteiger partial charge >= 0.3 is 5.97 Å². The molecule has 0 heterocycles. The number of nitrogens with one attached hydrogen (secondary N) is 1. The Morgan fingerprint density at radius 1 is 1.67 bits per heavy atom. The lowest BCUT2D eigenvalue weighted by Crippen LogP contribution is -2.11. The zero-order valence-corrected chi connectivity index (χ0v) is 9.11. The molecule has 0 radical (unpaired) electrons. The number of rotatable bonds is 4. The van der Waals surface area contributed by atoms with Crippen LogP contribution in [0.2, 0.25) is 0 Å². The van der Waals surface area contributed by atoms with Crippen LogP contribution < -0.4 is 5.48 Å². The molecule has 1 rings (SSSR count). The fourth-order valence-electron chi connectivity index (χ4n) is 0.874. The van der Waals surface area contributed by atoms with E-state index in [0.717, 1.165) is 4.47 Å².